The highest BCUT2D eigenvalue weighted by molar-refractivity contribution is 5.96. The number of carbonyl (C=O) groups is 1. The second-order valence-electron chi connectivity index (χ2n) is 8.01. The summed E-state index contributed by atoms with van der Waals surface area (Å²) in [6, 6.07) is 12.6. The predicted molar refractivity (Wildman–Crippen MR) is 110 cm³/mol. The van der Waals surface area contributed by atoms with Crippen LogP contribution >= 0.6 is 0 Å². The molecule has 3 heterocycles. The van der Waals surface area contributed by atoms with E-state index in [0.29, 0.717) is 43.3 Å². The van der Waals surface area contributed by atoms with E-state index in [2.05, 4.69) is 4.98 Å². The Bertz CT molecular complexity index is 1050. The van der Waals surface area contributed by atoms with Crippen LogP contribution in [0.1, 0.15) is 20.8 Å². The van der Waals surface area contributed by atoms with E-state index in [0.717, 1.165) is 5.39 Å². The molecule has 7 heteroatoms. The number of pyridine rings is 1. The van der Waals surface area contributed by atoms with Gasteiger partial charge < -0.3 is 14.4 Å². The lowest BCUT2D eigenvalue weighted by Crippen LogP contribution is -2.36. The van der Waals surface area contributed by atoms with Crippen molar-refractivity contribution in [2.24, 2.45) is 0 Å². The average molecular weight is 397 g/mol. The van der Waals surface area contributed by atoms with Crippen molar-refractivity contribution in [1.29, 1.82) is 0 Å². The second kappa shape index (κ2) is 7.48. The van der Waals surface area contributed by atoms with Gasteiger partial charge in [-0.2, -0.15) is 4.39 Å². The van der Waals surface area contributed by atoms with Gasteiger partial charge in [-0.15, -0.1) is 0 Å². The number of aromatic nitrogens is 2. The number of fused-ring (bicyclic) bond motifs is 1. The Balaban J connectivity index is 1.79. The topological polar surface area (TPSA) is 56.6 Å². The van der Waals surface area contributed by atoms with Crippen LogP contribution < -0.4 is 4.90 Å². The molecule has 1 aliphatic rings. The molecular formula is C22H24FN3O3. The van der Waals surface area contributed by atoms with E-state index in [1.807, 2.05) is 29.2 Å². The van der Waals surface area contributed by atoms with Crippen molar-refractivity contribution in [2.45, 2.75) is 26.4 Å². The van der Waals surface area contributed by atoms with Crippen molar-refractivity contribution in [3.8, 4) is 11.3 Å². The van der Waals surface area contributed by atoms with Crippen molar-refractivity contribution >= 4 is 22.8 Å². The molecule has 0 spiro atoms. The summed E-state index contributed by atoms with van der Waals surface area (Å²) in [7, 11) is 0. The first-order valence-electron chi connectivity index (χ1n) is 9.67. The molecule has 1 aromatic carbocycles. The summed E-state index contributed by atoms with van der Waals surface area (Å²) in [4.78, 5) is 19.1. The molecule has 29 heavy (non-hydrogen) atoms. The Kier molecular flexibility index (Phi) is 5.00. The van der Waals surface area contributed by atoms with Crippen molar-refractivity contribution in [1.82, 2.24) is 9.55 Å². The van der Waals surface area contributed by atoms with Crippen molar-refractivity contribution in [2.75, 3.05) is 31.2 Å². The Labute approximate surface area is 168 Å². The molecule has 1 aliphatic heterocycles. The Morgan fingerprint density at radius 1 is 1.14 bits per heavy atom. The fourth-order valence-electron chi connectivity index (χ4n) is 3.44. The van der Waals surface area contributed by atoms with Gasteiger partial charge in [0, 0.05) is 18.5 Å². The molecule has 0 N–H and O–H groups in total. The fourth-order valence-corrected chi connectivity index (χ4v) is 3.44. The molecule has 1 saturated heterocycles. The number of carbonyl (C=O) groups excluding carboxylic acids is 1. The van der Waals surface area contributed by atoms with Gasteiger partial charge in [-0.1, -0.05) is 18.2 Å². The number of morpholine rings is 1. The maximum absolute atomic E-state index is 15.1. The van der Waals surface area contributed by atoms with Gasteiger partial charge in [0.05, 0.1) is 30.0 Å². The number of hydrogen-bond donors (Lipinski definition) is 0. The summed E-state index contributed by atoms with van der Waals surface area (Å²) in [5, 5.41) is 0.824. The van der Waals surface area contributed by atoms with Crippen LogP contribution in [-0.2, 0) is 9.47 Å². The van der Waals surface area contributed by atoms with Crippen LogP contribution in [0.4, 0.5) is 15.0 Å². The van der Waals surface area contributed by atoms with E-state index >= 15 is 4.39 Å². The number of nitrogens with zero attached hydrogens (tertiary/aromatic N) is 3. The lowest BCUT2D eigenvalue weighted by Gasteiger charge is -2.28. The first-order chi connectivity index (χ1) is 13.8. The van der Waals surface area contributed by atoms with Crippen molar-refractivity contribution < 1.29 is 18.7 Å². The highest BCUT2D eigenvalue weighted by Crippen LogP contribution is 2.31. The molecule has 1 fully saturated rings. The van der Waals surface area contributed by atoms with Gasteiger partial charge in [-0.25, -0.2) is 14.3 Å². The first kappa shape index (κ1) is 19.4. The number of anilines is 1. The molecule has 0 unspecified atom stereocenters. The molecule has 4 rings (SSSR count). The number of benzene rings is 1. The smallest absolute Gasteiger partial charge is 0.419 e. The van der Waals surface area contributed by atoms with E-state index in [1.54, 1.807) is 39.0 Å². The SMILES string of the molecule is CC(C)(C)OC(=O)n1c(-c2ccc(N3CCOCC3)nc2F)cc2ccccc21. The minimum atomic E-state index is -0.670. The Morgan fingerprint density at radius 3 is 2.55 bits per heavy atom. The minimum absolute atomic E-state index is 0.254. The van der Waals surface area contributed by atoms with Crippen LogP contribution in [0.15, 0.2) is 42.5 Å². The molecule has 0 atom stereocenters. The third-order valence-corrected chi connectivity index (χ3v) is 4.73. The van der Waals surface area contributed by atoms with Crippen LogP contribution in [0.25, 0.3) is 22.2 Å². The van der Waals surface area contributed by atoms with E-state index in [9.17, 15) is 4.79 Å². The standard InChI is InChI=1S/C22H24FN3O3/c1-22(2,3)29-21(27)26-17-7-5-4-6-15(17)14-18(26)16-8-9-19(24-20(16)23)25-10-12-28-13-11-25/h4-9,14H,10-13H2,1-3H3. The molecule has 0 bridgehead atoms. The van der Waals surface area contributed by atoms with Crippen LogP contribution in [0.2, 0.25) is 0 Å². The van der Waals surface area contributed by atoms with Gasteiger partial charge in [-0.05, 0) is 45.0 Å². The van der Waals surface area contributed by atoms with Gasteiger partial charge in [0.2, 0.25) is 5.95 Å². The predicted octanol–water partition coefficient (Wildman–Crippen LogP) is 4.46. The molecule has 0 saturated carbocycles. The summed E-state index contributed by atoms with van der Waals surface area (Å²) in [6.07, 6.45) is -0.551. The number of rotatable bonds is 2. The van der Waals surface area contributed by atoms with Gasteiger partial charge >= 0.3 is 6.09 Å². The zero-order valence-corrected chi connectivity index (χ0v) is 16.8. The van der Waals surface area contributed by atoms with E-state index in [-0.39, 0.29) is 5.56 Å². The van der Waals surface area contributed by atoms with E-state index < -0.39 is 17.6 Å². The van der Waals surface area contributed by atoms with Crippen LogP contribution in [0.5, 0.6) is 0 Å². The Hall–Kier alpha value is -2.93. The average Bonchev–Trinajstić information content (AvgIpc) is 3.06. The van der Waals surface area contributed by atoms with Gasteiger partial charge in [0.25, 0.3) is 0 Å². The summed E-state index contributed by atoms with van der Waals surface area (Å²) in [6.45, 7) is 7.93. The van der Waals surface area contributed by atoms with Crippen LogP contribution in [0, 0.1) is 5.95 Å². The van der Waals surface area contributed by atoms with Crippen molar-refractivity contribution in [3.05, 3.63) is 48.4 Å². The normalized spacial score (nSPS) is 15.0. The third-order valence-electron chi connectivity index (χ3n) is 4.73. The van der Waals surface area contributed by atoms with E-state index in [4.69, 9.17) is 9.47 Å². The molecule has 152 valence electrons. The Morgan fingerprint density at radius 2 is 1.86 bits per heavy atom. The van der Waals surface area contributed by atoms with E-state index in [1.165, 1.54) is 4.57 Å². The summed E-state index contributed by atoms with van der Waals surface area (Å²) < 4.78 is 27.4. The van der Waals surface area contributed by atoms with Crippen molar-refractivity contribution in [3.63, 3.8) is 0 Å². The maximum Gasteiger partial charge on any atom is 0.419 e. The molecule has 0 aliphatic carbocycles. The zero-order valence-electron chi connectivity index (χ0n) is 16.8. The summed E-state index contributed by atoms with van der Waals surface area (Å²) >= 11 is 0. The zero-order chi connectivity index (χ0) is 20.6. The third kappa shape index (κ3) is 3.96. The monoisotopic (exact) mass is 397 g/mol. The highest BCUT2D eigenvalue weighted by atomic mass is 19.1. The van der Waals surface area contributed by atoms with Crippen LogP contribution in [-0.4, -0.2) is 47.5 Å². The number of ether oxygens (including phenoxy) is 2. The lowest BCUT2D eigenvalue weighted by atomic mass is 10.2. The first-order valence-corrected chi connectivity index (χ1v) is 9.67. The molecule has 6 nitrogen and oxygen atoms in total. The molecule has 0 amide bonds. The lowest BCUT2D eigenvalue weighted by molar-refractivity contribution is 0.0547. The van der Waals surface area contributed by atoms with Crippen LogP contribution in [0.3, 0.4) is 0 Å². The second-order valence-corrected chi connectivity index (χ2v) is 8.01. The summed E-state index contributed by atoms with van der Waals surface area (Å²) in [5.41, 5.74) is 0.660. The van der Waals surface area contributed by atoms with Gasteiger partial charge in [0.15, 0.2) is 0 Å². The molecule has 0 radical (unpaired) electrons. The van der Waals surface area contributed by atoms with Gasteiger partial charge in [-0.3, -0.25) is 0 Å². The minimum Gasteiger partial charge on any atom is -0.443 e. The number of hydrogen-bond acceptors (Lipinski definition) is 5. The quantitative estimate of drug-likeness (QED) is 0.598. The fraction of sp³-hybridized carbons (Fsp3) is 0.364. The highest BCUT2D eigenvalue weighted by Gasteiger charge is 2.25. The molecule has 2 aromatic heterocycles. The number of halogens is 1. The molecule has 3 aromatic rings. The largest absolute Gasteiger partial charge is 0.443 e. The maximum atomic E-state index is 15.1. The summed E-state index contributed by atoms with van der Waals surface area (Å²) in [5.74, 6) is -0.0592. The molecular weight excluding hydrogens is 373 g/mol. The number of para-hydroxylation sites is 1. The van der Waals surface area contributed by atoms with Gasteiger partial charge in [0.1, 0.15) is 11.4 Å².